The van der Waals surface area contributed by atoms with Crippen LogP contribution >= 0.6 is 0 Å². The lowest BCUT2D eigenvalue weighted by molar-refractivity contribution is -0.292. The van der Waals surface area contributed by atoms with Gasteiger partial charge in [-0.2, -0.15) is 0 Å². The molecule has 0 aromatic rings. The molecule has 3 aliphatic heterocycles. The molecule has 0 aromatic carbocycles. The lowest BCUT2D eigenvalue weighted by Gasteiger charge is -2.46. The number of nitrogens with zero attached hydrogens (tertiary/aromatic N) is 1. The van der Waals surface area contributed by atoms with E-state index in [-0.39, 0.29) is 55.4 Å². The van der Waals surface area contributed by atoms with Crippen molar-refractivity contribution in [1.82, 2.24) is 4.90 Å². The summed E-state index contributed by atoms with van der Waals surface area (Å²) in [4.78, 5) is 57.3. The average Bonchev–Trinajstić information content (AvgIpc) is 3.14. The molecule has 1 aliphatic carbocycles. The number of piperidine rings is 1. The predicted molar refractivity (Wildman–Crippen MR) is 206 cm³/mol. The van der Waals surface area contributed by atoms with E-state index in [1.165, 1.54) is 0 Å². The standard InChI is InChI=1S/C43H67NO11/c1-9-12-31-19-25(3)17-24(2)18-26(4)39-36(48)21-28(6)43(52,55-39)40(49)41(50)44-16-11-10-13-32(44)42(51)54-38(29(7)34(46)23-35(31)47)27(5)20-30-14-15-33(45)37(22-30)53-8/h9,19-20,24,26,28-34,36-39,45-46,48,52H,1,10-18,21-23H2,2-8H3/b25-19+,27-20+/t24?,26-,28+,29+,30-,31+,32-,33+,34-,36-,37+,38+,39+,43+/m0/s1. The van der Waals surface area contributed by atoms with E-state index in [2.05, 4.69) is 6.58 Å². The van der Waals surface area contributed by atoms with Crippen LogP contribution in [0.4, 0.5) is 0 Å². The normalized spacial score (nSPS) is 42.0. The predicted octanol–water partition coefficient (Wildman–Crippen LogP) is 4.61. The fraction of sp³-hybridized carbons (Fsp3) is 0.767. The first kappa shape index (κ1) is 45.0. The highest BCUT2D eigenvalue weighted by molar-refractivity contribution is 6.39. The SMILES string of the molecule is C=CC[C@@H]1/C=C(\C)CC(C)C[C@H](C)[C@H]2O[C@@](O)(C(=O)C(=O)N3CCCC[C@H]3C(=O)O[C@H](/C(C)=C/[C@@H]3CC[C@@H](O)[C@H](OC)C3)[C@H](C)[C@@H](O)CC1=O)[C@H](C)C[C@@H]2O. The molecule has 0 spiro atoms. The third-order valence-corrected chi connectivity index (χ3v) is 12.6. The van der Waals surface area contributed by atoms with Gasteiger partial charge in [0.2, 0.25) is 5.79 Å². The number of amides is 1. The van der Waals surface area contributed by atoms with E-state index in [0.29, 0.717) is 56.9 Å². The first-order chi connectivity index (χ1) is 25.9. The molecular weight excluding hydrogens is 706 g/mol. The number of aliphatic hydroxyl groups is 4. The molecule has 12 nitrogen and oxygen atoms in total. The number of esters is 1. The van der Waals surface area contributed by atoms with Crippen LogP contribution in [-0.4, -0.2) is 111 Å². The van der Waals surface area contributed by atoms with Crippen LogP contribution in [0.25, 0.3) is 0 Å². The third-order valence-electron chi connectivity index (χ3n) is 12.6. The Labute approximate surface area is 327 Å². The number of rotatable bonds is 5. The molecule has 310 valence electrons. The van der Waals surface area contributed by atoms with Crippen molar-refractivity contribution in [3.8, 4) is 0 Å². The minimum Gasteiger partial charge on any atom is -0.456 e. The fourth-order valence-corrected chi connectivity index (χ4v) is 9.40. The summed E-state index contributed by atoms with van der Waals surface area (Å²) in [7, 11) is 1.56. The van der Waals surface area contributed by atoms with Gasteiger partial charge >= 0.3 is 5.97 Å². The van der Waals surface area contributed by atoms with Crippen LogP contribution in [0.2, 0.25) is 0 Å². The topological polar surface area (TPSA) is 180 Å². The highest BCUT2D eigenvalue weighted by Crippen LogP contribution is 2.39. The first-order valence-corrected chi connectivity index (χ1v) is 20.4. The molecule has 0 aromatic heterocycles. The third kappa shape index (κ3) is 10.8. The molecule has 4 aliphatic rings. The van der Waals surface area contributed by atoms with Crippen LogP contribution in [0.5, 0.6) is 0 Å². The minimum absolute atomic E-state index is 0.00990. The number of allylic oxidation sites excluding steroid dienone is 4. The largest absolute Gasteiger partial charge is 0.456 e. The van der Waals surface area contributed by atoms with E-state index in [1.54, 1.807) is 27.0 Å². The molecule has 3 heterocycles. The monoisotopic (exact) mass is 773 g/mol. The lowest BCUT2D eigenvalue weighted by atomic mass is 9.79. The Morgan fingerprint density at radius 1 is 0.982 bits per heavy atom. The molecule has 4 N–H and O–H groups in total. The Hall–Kier alpha value is -2.74. The molecule has 14 atom stereocenters. The summed E-state index contributed by atoms with van der Waals surface area (Å²) in [5, 5.41) is 45.0. The van der Waals surface area contributed by atoms with Crippen LogP contribution in [-0.2, 0) is 33.4 Å². The van der Waals surface area contributed by atoms with Gasteiger partial charge in [0.1, 0.15) is 17.9 Å². The van der Waals surface area contributed by atoms with E-state index in [0.717, 1.165) is 10.5 Å². The molecule has 4 rings (SSSR count). The van der Waals surface area contributed by atoms with Gasteiger partial charge in [-0.05, 0) is 101 Å². The van der Waals surface area contributed by atoms with E-state index >= 15 is 0 Å². The van der Waals surface area contributed by atoms with Crippen LogP contribution < -0.4 is 0 Å². The number of fused-ring (bicyclic) bond motifs is 3. The summed E-state index contributed by atoms with van der Waals surface area (Å²) in [5.74, 6) is -8.08. The van der Waals surface area contributed by atoms with Crippen molar-refractivity contribution in [2.45, 2.75) is 161 Å². The van der Waals surface area contributed by atoms with Crippen LogP contribution in [0.15, 0.2) is 36.0 Å². The maximum absolute atomic E-state index is 14.2. The number of hydrogen-bond donors (Lipinski definition) is 4. The number of cyclic esters (lactones) is 1. The number of hydrogen-bond acceptors (Lipinski definition) is 11. The van der Waals surface area contributed by atoms with Gasteiger partial charge in [0, 0.05) is 37.8 Å². The van der Waals surface area contributed by atoms with Crippen molar-refractivity contribution in [3.05, 3.63) is 36.0 Å². The molecule has 55 heavy (non-hydrogen) atoms. The van der Waals surface area contributed by atoms with Gasteiger partial charge in [-0.3, -0.25) is 14.4 Å². The summed E-state index contributed by atoms with van der Waals surface area (Å²) in [6.45, 7) is 14.9. The summed E-state index contributed by atoms with van der Waals surface area (Å²) in [6, 6.07) is -1.14. The van der Waals surface area contributed by atoms with Gasteiger partial charge in [-0.1, -0.05) is 51.5 Å². The Morgan fingerprint density at radius 2 is 1.69 bits per heavy atom. The maximum Gasteiger partial charge on any atom is 0.329 e. The number of methoxy groups -OCH3 is 1. The van der Waals surface area contributed by atoms with Crippen molar-refractivity contribution >= 4 is 23.4 Å². The zero-order valence-electron chi connectivity index (χ0n) is 34.0. The van der Waals surface area contributed by atoms with Crippen molar-refractivity contribution in [3.63, 3.8) is 0 Å². The maximum atomic E-state index is 14.2. The van der Waals surface area contributed by atoms with Crippen molar-refractivity contribution in [2.24, 2.45) is 35.5 Å². The average molecular weight is 774 g/mol. The molecule has 2 bridgehead atoms. The van der Waals surface area contributed by atoms with Crippen LogP contribution in [0, 0.1) is 35.5 Å². The summed E-state index contributed by atoms with van der Waals surface area (Å²) in [5.41, 5.74) is 1.62. The number of Topliss-reactive ketones (excluding diaryl/α,β-unsaturated/α-hetero) is 2. The Balaban J connectivity index is 1.75. The number of carbonyl (C=O) groups excluding carboxylic acids is 4. The highest BCUT2D eigenvalue weighted by atomic mass is 16.6. The van der Waals surface area contributed by atoms with Crippen LogP contribution in [0.1, 0.15) is 112 Å². The lowest BCUT2D eigenvalue weighted by Crippen LogP contribution is -2.63. The zero-order valence-corrected chi connectivity index (χ0v) is 34.0. The van der Waals surface area contributed by atoms with Crippen molar-refractivity contribution < 1.29 is 53.8 Å². The first-order valence-electron chi connectivity index (χ1n) is 20.4. The Kier molecular flexibility index (Phi) is 16.0. The minimum atomic E-state index is -2.51. The second kappa shape index (κ2) is 19.6. The summed E-state index contributed by atoms with van der Waals surface area (Å²) < 4.78 is 17.8. The van der Waals surface area contributed by atoms with Gasteiger partial charge < -0.3 is 39.5 Å². The molecule has 1 amide bonds. The van der Waals surface area contributed by atoms with Gasteiger partial charge in [-0.15, -0.1) is 6.58 Å². The summed E-state index contributed by atoms with van der Waals surface area (Å²) in [6.07, 6.45) is 5.07. The second-order valence-electron chi connectivity index (χ2n) is 17.3. The summed E-state index contributed by atoms with van der Waals surface area (Å²) >= 11 is 0. The number of ether oxygens (including phenoxy) is 3. The number of ketones is 2. The molecule has 3 fully saturated rings. The quantitative estimate of drug-likeness (QED) is 0.174. The number of aliphatic hydroxyl groups excluding tert-OH is 3. The number of carbonyl (C=O) groups is 4. The second-order valence-corrected chi connectivity index (χ2v) is 17.3. The van der Waals surface area contributed by atoms with Gasteiger partial charge in [0.25, 0.3) is 11.7 Å². The molecule has 1 saturated carbocycles. The molecule has 1 unspecified atom stereocenters. The van der Waals surface area contributed by atoms with Gasteiger partial charge in [-0.25, -0.2) is 4.79 Å². The van der Waals surface area contributed by atoms with Crippen molar-refractivity contribution in [2.75, 3.05) is 13.7 Å². The Bertz CT molecular complexity index is 1440. The van der Waals surface area contributed by atoms with E-state index in [9.17, 15) is 39.6 Å². The molecule has 12 heteroatoms. The van der Waals surface area contributed by atoms with Crippen LogP contribution in [0.3, 0.4) is 0 Å². The van der Waals surface area contributed by atoms with Gasteiger partial charge in [0.05, 0.1) is 30.5 Å². The van der Waals surface area contributed by atoms with Gasteiger partial charge in [0.15, 0.2) is 0 Å². The van der Waals surface area contributed by atoms with E-state index in [1.807, 2.05) is 39.8 Å². The molecule has 0 radical (unpaired) electrons. The fourth-order valence-electron chi connectivity index (χ4n) is 9.40. The Morgan fingerprint density at radius 3 is 2.36 bits per heavy atom. The molecular formula is C43H67NO11. The highest BCUT2D eigenvalue weighted by Gasteiger charge is 2.55. The van der Waals surface area contributed by atoms with E-state index < -0.39 is 77.8 Å². The van der Waals surface area contributed by atoms with Crippen molar-refractivity contribution in [1.29, 1.82) is 0 Å². The molecule has 2 saturated heterocycles. The van der Waals surface area contributed by atoms with E-state index in [4.69, 9.17) is 14.2 Å². The smallest absolute Gasteiger partial charge is 0.329 e. The zero-order chi connectivity index (χ0) is 40.8.